The van der Waals surface area contributed by atoms with E-state index in [9.17, 15) is 0 Å². The molecule has 1 aromatic heterocycles. The summed E-state index contributed by atoms with van der Waals surface area (Å²) < 4.78 is 5.68. The molecule has 3 N–H and O–H groups in total. The first-order valence-corrected chi connectivity index (χ1v) is 5.59. The summed E-state index contributed by atoms with van der Waals surface area (Å²) in [6.45, 7) is 5.94. The second kappa shape index (κ2) is 5.30. The molecule has 0 amide bonds. The molecule has 2 rings (SSSR count). The predicted octanol–water partition coefficient (Wildman–Crippen LogP) is 0.186. The topological polar surface area (TPSA) is 54.4 Å². The Morgan fingerprint density at radius 3 is 2.73 bits per heavy atom. The van der Waals surface area contributed by atoms with Crippen LogP contribution in [0.2, 0.25) is 0 Å². The second-order valence-electron chi connectivity index (χ2n) is 3.93. The first-order valence-electron chi connectivity index (χ1n) is 5.59. The van der Waals surface area contributed by atoms with E-state index in [2.05, 4.69) is 16.3 Å². The molecule has 84 valence electrons. The Labute approximate surface area is 90.4 Å². The van der Waals surface area contributed by atoms with E-state index in [0.29, 0.717) is 6.54 Å². The number of nitrogens with two attached hydrogens (primary N) is 1. The lowest BCUT2D eigenvalue weighted by Gasteiger charge is -2.26. The van der Waals surface area contributed by atoms with Gasteiger partial charge in [-0.3, -0.25) is 4.90 Å². The summed E-state index contributed by atoms with van der Waals surface area (Å²) in [5.41, 5.74) is 5.48. The molecule has 0 spiro atoms. The molecule has 15 heavy (non-hydrogen) atoms. The van der Waals surface area contributed by atoms with Crippen LogP contribution in [0.1, 0.15) is 11.5 Å². The molecule has 4 nitrogen and oxygen atoms in total. The molecule has 0 radical (unpaired) electrons. The van der Waals surface area contributed by atoms with Crippen LogP contribution in [-0.2, 0) is 13.0 Å². The molecule has 0 aromatic carbocycles. The van der Waals surface area contributed by atoms with Crippen molar-refractivity contribution in [2.75, 3.05) is 32.7 Å². The maximum absolute atomic E-state index is 5.68. The molecule has 2 heterocycles. The molecular weight excluding hydrogens is 190 g/mol. The molecule has 1 aliphatic heterocycles. The Balaban J connectivity index is 1.86. The van der Waals surface area contributed by atoms with Gasteiger partial charge in [0.25, 0.3) is 0 Å². The third-order valence-electron chi connectivity index (χ3n) is 2.70. The number of hydrogen-bond donors (Lipinski definition) is 2. The molecular formula is C11H19N3O. The Hall–Kier alpha value is -0.840. The fourth-order valence-corrected chi connectivity index (χ4v) is 1.87. The lowest BCUT2D eigenvalue weighted by Crippen LogP contribution is -2.42. The maximum Gasteiger partial charge on any atom is 0.118 e. The number of hydrogen-bond acceptors (Lipinski definition) is 4. The van der Waals surface area contributed by atoms with Gasteiger partial charge in [-0.15, -0.1) is 0 Å². The van der Waals surface area contributed by atoms with Gasteiger partial charge in [0.2, 0.25) is 0 Å². The van der Waals surface area contributed by atoms with Crippen LogP contribution >= 0.6 is 0 Å². The van der Waals surface area contributed by atoms with E-state index in [-0.39, 0.29) is 0 Å². The van der Waals surface area contributed by atoms with Crippen molar-refractivity contribution in [1.29, 1.82) is 0 Å². The van der Waals surface area contributed by atoms with Crippen molar-refractivity contribution in [2.24, 2.45) is 5.73 Å². The van der Waals surface area contributed by atoms with Crippen molar-refractivity contribution in [1.82, 2.24) is 10.2 Å². The molecule has 1 saturated heterocycles. The molecule has 0 aliphatic carbocycles. The zero-order valence-electron chi connectivity index (χ0n) is 9.04. The fraction of sp³-hybridized carbons (Fsp3) is 0.636. The summed E-state index contributed by atoms with van der Waals surface area (Å²) in [5, 5.41) is 3.34. The van der Waals surface area contributed by atoms with Crippen molar-refractivity contribution in [3.63, 3.8) is 0 Å². The largest absolute Gasteiger partial charge is 0.465 e. The first kappa shape index (κ1) is 10.7. The first-order chi connectivity index (χ1) is 7.38. The monoisotopic (exact) mass is 209 g/mol. The molecule has 1 fully saturated rings. The Bertz CT molecular complexity index is 292. The molecule has 0 atom stereocenters. The third-order valence-corrected chi connectivity index (χ3v) is 2.70. The number of nitrogens with zero attached hydrogens (tertiary/aromatic N) is 1. The van der Waals surface area contributed by atoms with Gasteiger partial charge in [-0.2, -0.15) is 0 Å². The van der Waals surface area contributed by atoms with Gasteiger partial charge in [0.15, 0.2) is 0 Å². The zero-order chi connectivity index (χ0) is 10.5. The van der Waals surface area contributed by atoms with E-state index >= 15 is 0 Å². The van der Waals surface area contributed by atoms with E-state index < -0.39 is 0 Å². The van der Waals surface area contributed by atoms with E-state index in [4.69, 9.17) is 10.2 Å². The highest BCUT2D eigenvalue weighted by molar-refractivity contribution is 5.07. The summed E-state index contributed by atoms with van der Waals surface area (Å²) in [6.07, 6.45) is 0.835. The maximum atomic E-state index is 5.68. The Morgan fingerprint density at radius 2 is 2.00 bits per heavy atom. The average molecular weight is 209 g/mol. The highest BCUT2D eigenvalue weighted by Gasteiger charge is 2.11. The Morgan fingerprint density at radius 1 is 1.27 bits per heavy atom. The van der Waals surface area contributed by atoms with Crippen LogP contribution in [0.15, 0.2) is 16.5 Å². The minimum atomic E-state index is 0.653. The molecule has 0 saturated carbocycles. The van der Waals surface area contributed by atoms with Gasteiger partial charge in [0.1, 0.15) is 11.5 Å². The second-order valence-corrected chi connectivity index (χ2v) is 3.93. The predicted molar refractivity (Wildman–Crippen MR) is 59.6 cm³/mol. The Kier molecular flexibility index (Phi) is 3.77. The van der Waals surface area contributed by atoms with Gasteiger partial charge in [0, 0.05) is 32.6 Å². The summed E-state index contributed by atoms with van der Waals surface area (Å²) in [6, 6.07) is 4.09. The summed E-state index contributed by atoms with van der Waals surface area (Å²) in [7, 11) is 0. The van der Waals surface area contributed by atoms with Crippen LogP contribution in [0.5, 0.6) is 0 Å². The normalized spacial score (nSPS) is 18.2. The van der Waals surface area contributed by atoms with Gasteiger partial charge >= 0.3 is 0 Å². The van der Waals surface area contributed by atoms with Crippen molar-refractivity contribution < 1.29 is 4.42 Å². The SMILES string of the molecule is NCCc1ccc(CN2CCNCC2)o1. The molecule has 1 aromatic rings. The standard InChI is InChI=1S/C11H19N3O/c12-4-3-10-1-2-11(15-10)9-14-7-5-13-6-8-14/h1-2,13H,3-9,12H2. The third kappa shape index (κ3) is 3.06. The van der Waals surface area contributed by atoms with Crippen molar-refractivity contribution in [3.8, 4) is 0 Å². The van der Waals surface area contributed by atoms with Crippen LogP contribution < -0.4 is 11.1 Å². The number of piperazine rings is 1. The molecule has 0 unspecified atom stereocenters. The van der Waals surface area contributed by atoms with Crippen molar-refractivity contribution in [3.05, 3.63) is 23.7 Å². The fourth-order valence-electron chi connectivity index (χ4n) is 1.87. The number of rotatable bonds is 4. The van der Waals surface area contributed by atoms with Gasteiger partial charge in [0.05, 0.1) is 6.54 Å². The van der Waals surface area contributed by atoms with E-state index in [1.807, 2.05) is 6.07 Å². The average Bonchev–Trinajstić information content (AvgIpc) is 2.68. The van der Waals surface area contributed by atoms with Crippen LogP contribution in [0.3, 0.4) is 0 Å². The summed E-state index contributed by atoms with van der Waals surface area (Å²) in [4.78, 5) is 2.40. The van der Waals surface area contributed by atoms with Crippen LogP contribution in [0, 0.1) is 0 Å². The molecule has 1 aliphatic rings. The van der Waals surface area contributed by atoms with Gasteiger partial charge < -0.3 is 15.5 Å². The smallest absolute Gasteiger partial charge is 0.118 e. The summed E-state index contributed by atoms with van der Waals surface area (Å²) >= 11 is 0. The van der Waals surface area contributed by atoms with E-state index in [0.717, 1.165) is 50.7 Å². The van der Waals surface area contributed by atoms with Crippen molar-refractivity contribution >= 4 is 0 Å². The van der Waals surface area contributed by atoms with Crippen LogP contribution in [-0.4, -0.2) is 37.6 Å². The van der Waals surface area contributed by atoms with Crippen molar-refractivity contribution in [2.45, 2.75) is 13.0 Å². The zero-order valence-corrected chi connectivity index (χ0v) is 9.04. The van der Waals surface area contributed by atoms with Crippen LogP contribution in [0.4, 0.5) is 0 Å². The lowest BCUT2D eigenvalue weighted by molar-refractivity contribution is 0.214. The number of nitrogens with one attached hydrogen (secondary N) is 1. The quantitative estimate of drug-likeness (QED) is 0.743. The molecule has 4 heteroatoms. The highest BCUT2D eigenvalue weighted by atomic mass is 16.3. The number of furan rings is 1. The van der Waals surface area contributed by atoms with E-state index in [1.54, 1.807) is 0 Å². The highest BCUT2D eigenvalue weighted by Crippen LogP contribution is 2.11. The van der Waals surface area contributed by atoms with E-state index in [1.165, 1.54) is 0 Å². The minimum absolute atomic E-state index is 0.653. The molecule has 0 bridgehead atoms. The lowest BCUT2D eigenvalue weighted by atomic mass is 10.3. The van der Waals surface area contributed by atoms with Gasteiger partial charge in [-0.1, -0.05) is 0 Å². The van der Waals surface area contributed by atoms with Gasteiger partial charge in [-0.05, 0) is 18.7 Å². The summed E-state index contributed by atoms with van der Waals surface area (Å²) in [5.74, 6) is 2.06. The van der Waals surface area contributed by atoms with Gasteiger partial charge in [-0.25, -0.2) is 0 Å². The van der Waals surface area contributed by atoms with Crippen LogP contribution in [0.25, 0.3) is 0 Å². The minimum Gasteiger partial charge on any atom is -0.465 e.